The third-order valence-electron chi connectivity index (χ3n) is 6.05. The van der Waals surface area contributed by atoms with Crippen LogP contribution in [0.15, 0.2) is 89.8 Å². The molecule has 1 heterocycles. The molecule has 1 saturated heterocycles. The monoisotopic (exact) mass is 542 g/mol. The number of hydrogen-bond donors (Lipinski definition) is 1. The quantitative estimate of drug-likeness (QED) is 0.265. The van der Waals surface area contributed by atoms with Crippen LogP contribution < -0.4 is 14.8 Å². The van der Waals surface area contributed by atoms with E-state index in [9.17, 15) is 18.8 Å². The van der Waals surface area contributed by atoms with Gasteiger partial charge in [0.25, 0.3) is 17.1 Å². The van der Waals surface area contributed by atoms with Crippen molar-refractivity contribution in [3.8, 4) is 11.5 Å². The van der Waals surface area contributed by atoms with Gasteiger partial charge in [-0.15, -0.1) is 0 Å². The second kappa shape index (κ2) is 11.4. The zero-order valence-electron chi connectivity index (χ0n) is 20.8. The van der Waals surface area contributed by atoms with Gasteiger partial charge in [0.1, 0.15) is 5.82 Å². The molecule has 7 nitrogen and oxygen atoms in total. The molecule has 1 aliphatic rings. The molecule has 0 aliphatic carbocycles. The fourth-order valence-electron chi connectivity index (χ4n) is 4.16. The summed E-state index contributed by atoms with van der Waals surface area (Å²) in [4.78, 5) is 39.6. The van der Waals surface area contributed by atoms with E-state index < -0.39 is 11.7 Å². The number of anilines is 1. The fourth-order valence-corrected chi connectivity index (χ4v) is 4.99. The predicted octanol–water partition coefficient (Wildman–Crippen LogP) is 6.24. The van der Waals surface area contributed by atoms with Gasteiger partial charge in [-0.05, 0) is 76.1 Å². The highest BCUT2D eigenvalue weighted by atomic mass is 32.2. The highest BCUT2D eigenvalue weighted by Crippen LogP contribution is 2.36. The summed E-state index contributed by atoms with van der Waals surface area (Å²) in [6.07, 6.45) is 1.63. The normalized spacial score (nSPS) is 14.2. The zero-order chi connectivity index (χ0) is 27.4. The molecule has 0 saturated carbocycles. The number of rotatable bonds is 8. The Kier molecular flexibility index (Phi) is 7.60. The molecule has 0 spiro atoms. The molecule has 9 heteroatoms. The van der Waals surface area contributed by atoms with E-state index in [0.29, 0.717) is 27.7 Å². The van der Waals surface area contributed by atoms with Gasteiger partial charge in [0.2, 0.25) is 0 Å². The number of amides is 3. The van der Waals surface area contributed by atoms with Crippen LogP contribution in [0, 0.1) is 5.82 Å². The number of imide groups is 1. The highest BCUT2D eigenvalue weighted by Gasteiger charge is 2.35. The van der Waals surface area contributed by atoms with Gasteiger partial charge in [-0.1, -0.05) is 48.5 Å². The second-order valence-electron chi connectivity index (χ2n) is 8.66. The van der Waals surface area contributed by atoms with Gasteiger partial charge < -0.3 is 14.8 Å². The Balaban J connectivity index is 1.26. The summed E-state index contributed by atoms with van der Waals surface area (Å²) in [5.74, 6) is -0.507. The van der Waals surface area contributed by atoms with Crippen LogP contribution in [-0.4, -0.2) is 35.7 Å². The molecule has 196 valence electrons. The van der Waals surface area contributed by atoms with Gasteiger partial charge in [0.15, 0.2) is 18.1 Å². The molecule has 39 heavy (non-hydrogen) atoms. The number of nitrogens with zero attached hydrogens (tertiary/aromatic N) is 1. The Morgan fingerprint density at radius 2 is 1.74 bits per heavy atom. The molecule has 0 atom stereocenters. The van der Waals surface area contributed by atoms with Crippen LogP contribution in [0.5, 0.6) is 11.5 Å². The maximum atomic E-state index is 13.1. The van der Waals surface area contributed by atoms with E-state index in [4.69, 9.17) is 9.47 Å². The average molecular weight is 543 g/mol. The van der Waals surface area contributed by atoms with Crippen molar-refractivity contribution in [1.29, 1.82) is 0 Å². The molecule has 5 rings (SSSR count). The third-order valence-corrected chi connectivity index (χ3v) is 6.96. The minimum Gasteiger partial charge on any atom is -0.493 e. The number of carbonyl (C=O) groups excluding carboxylic acids is 3. The smallest absolute Gasteiger partial charge is 0.293 e. The molecule has 0 unspecified atom stereocenters. The number of halogens is 1. The van der Waals surface area contributed by atoms with Gasteiger partial charge in [-0.25, -0.2) is 4.39 Å². The second-order valence-corrected chi connectivity index (χ2v) is 9.65. The van der Waals surface area contributed by atoms with Gasteiger partial charge in [-0.3, -0.25) is 19.3 Å². The highest BCUT2D eigenvalue weighted by molar-refractivity contribution is 8.18. The van der Waals surface area contributed by atoms with E-state index in [1.165, 1.54) is 36.3 Å². The van der Waals surface area contributed by atoms with Crippen molar-refractivity contribution in [2.45, 2.75) is 6.54 Å². The van der Waals surface area contributed by atoms with Crippen molar-refractivity contribution in [2.24, 2.45) is 0 Å². The van der Waals surface area contributed by atoms with Crippen molar-refractivity contribution in [3.63, 3.8) is 0 Å². The van der Waals surface area contributed by atoms with Gasteiger partial charge in [0.05, 0.1) is 18.6 Å². The molecular formula is C30H23FN2O5S. The third kappa shape index (κ3) is 5.94. The number of carbonyl (C=O) groups is 3. The van der Waals surface area contributed by atoms with Crippen molar-refractivity contribution in [1.82, 2.24) is 4.90 Å². The van der Waals surface area contributed by atoms with E-state index in [0.717, 1.165) is 28.1 Å². The predicted molar refractivity (Wildman–Crippen MR) is 149 cm³/mol. The molecule has 0 aromatic heterocycles. The largest absolute Gasteiger partial charge is 0.493 e. The summed E-state index contributed by atoms with van der Waals surface area (Å²) in [6.45, 7) is -0.112. The number of hydrogen-bond acceptors (Lipinski definition) is 6. The number of ether oxygens (including phenoxy) is 2. The van der Waals surface area contributed by atoms with Crippen molar-refractivity contribution >= 4 is 51.4 Å². The summed E-state index contributed by atoms with van der Waals surface area (Å²) in [7, 11) is 1.46. The lowest BCUT2D eigenvalue weighted by molar-refractivity contribution is -0.123. The minimum absolute atomic E-state index is 0.180. The number of nitrogens with one attached hydrogen (secondary N) is 1. The standard InChI is InChI=1S/C30H23FN2O5S/c1-37-26-15-19(9-14-25(26)38-18-28(34)32-23-12-10-22(31)11-13-23)16-27-29(35)33(30(36)39-27)17-21-7-4-6-20-5-2-3-8-24(20)21/h2-16H,17-18H2,1H3,(H,32,34)/b27-16+. The summed E-state index contributed by atoms with van der Waals surface area (Å²) < 4.78 is 24.1. The molecule has 1 N–H and O–H groups in total. The van der Waals surface area contributed by atoms with Crippen LogP contribution >= 0.6 is 11.8 Å². The molecule has 0 bridgehead atoms. The summed E-state index contributed by atoms with van der Waals surface area (Å²) >= 11 is 0.885. The lowest BCUT2D eigenvalue weighted by atomic mass is 10.0. The average Bonchev–Trinajstić information content (AvgIpc) is 3.20. The van der Waals surface area contributed by atoms with Crippen molar-refractivity contribution in [3.05, 3.63) is 107 Å². The van der Waals surface area contributed by atoms with Crippen molar-refractivity contribution < 1.29 is 28.2 Å². The van der Waals surface area contributed by atoms with Gasteiger partial charge in [0, 0.05) is 5.69 Å². The lowest BCUT2D eigenvalue weighted by Crippen LogP contribution is -2.27. The fraction of sp³-hybridized carbons (Fsp3) is 0.100. The van der Waals surface area contributed by atoms with Crippen LogP contribution in [0.1, 0.15) is 11.1 Å². The number of thioether (sulfide) groups is 1. The zero-order valence-corrected chi connectivity index (χ0v) is 21.7. The maximum Gasteiger partial charge on any atom is 0.293 e. The van der Waals surface area contributed by atoms with Crippen LogP contribution in [0.2, 0.25) is 0 Å². The van der Waals surface area contributed by atoms with Gasteiger partial charge in [-0.2, -0.15) is 0 Å². The number of methoxy groups -OCH3 is 1. The Bertz CT molecular complexity index is 1600. The van der Waals surface area contributed by atoms with Gasteiger partial charge >= 0.3 is 0 Å². The van der Waals surface area contributed by atoms with E-state index in [1.807, 2.05) is 42.5 Å². The number of fused-ring (bicyclic) bond motifs is 1. The first-order valence-corrected chi connectivity index (χ1v) is 12.8. The first kappa shape index (κ1) is 26.0. The Labute approximate surface area is 228 Å². The van der Waals surface area contributed by atoms with Crippen LogP contribution in [0.3, 0.4) is 0 Å². The first-order valence-electron chi connectivity index (χ1n) is 12.0. The molecule has 4 aromatic rings. The Hall–Kier alpha value is -4.63. The number of benzene rings is 4. The van der Waals surface area contributed by atoms with Crippen LogP contribution in [0.25, 0.3) is 16.8 Å². The van der Waals surface area contributed by atoms with Crippen LogP contribution in [-0.2, 0) is 16.1 Å². The minimum atomic E-state index is -0.424. The van der Waals surface area contributed by atoms with E-state index in [1.54, 1.807) is 24.3 Å². The van der Waals surface area contributed by atoms with Crippen molar-refractivity contribution in [2.75, 3.05) is 19.0 Å². The van der Waals surface area contributed by atoms with E-state index in [-0.39, 0.29) is 24.3 Å². The molecule has 3 amide bonds. The molecule has 4 aromatic carbocycles. The summed E-state index contributed by atoms with van der Waals surface area (Å²) in [6, 6.07) is 24.0. The molecule has 1 aliphatic heterocycles. The maximum absolute atomic E-state index is 13.1. The lowest BCUT2D eigenvalue weighted by Gasteiger charge is -2.14. The molecule has 0 radical (unpaired) electrons. The molecule has 1 fully saturated rings. The molecular weight excluding hydrogens is 519 g/mol. The Morgan fingerprint density at radius 3 is 2.54 bits per heavy atom. The van der Waals surface area contributed by atoms with E-state index >= 15 is 0 Å². The SMILES string of the molecule is COc1cc(/C=C2/SC(=O)N(Cc3cccc4ccccc34)C2=O)ccc1OCC(=O)Nc1ccc(F)cc1. The Morgan fingerprint density at radius 1 is 0.974 bits per heavy atom. The summed E-state index contributed by atoms with van der Waals surface area (Å²) in [5, 5.41) is 4.32. The van der Waals surface area contributed by atoms with Crippen LogP contribution in [0.4, 0.5) is 14.9 Å². The van der Waals surface area contributed by atoms with E-state index in [2.05, 4.69) is 5.32 Å². The first-order chi connectivity index (χ1) is 18.9. The summed E-state index contributed by atoms with van der Waals surface area (Å²) in [5.41, 5.74) is 1.97. The topological polar surface area (TPSA) is 84.9 Å².